The van der Waals surface area contributed by atoms with Crippen LogP contribution in [0.2, 0.25) is 0 Å². The molecule has 2 rings (SSSR count). The molecule has 1 heterocycles. The zero-order valence-corrected chi connectivity index (χ0v) is 11.9. The monoisotopic (exact) mass is 261 g/mol. The van der Waals surface area contributed by atoms with E-state index in [2.05, 4.69) is 16.7 Å². The Morgan fingerprint density at radius 1 is 1.37 bits per heavy atom. The van der Waals surface area contributed by atoms with E-state index in [4.69, 9.17) is 0 Å². The van der Waals surface area contributed by atoms with Crippen LogP contribution in [0.1, 0.15) is 52.4 Å². The van der Waals surface area contributed by atoms with Gasteiger partial charge >= 0.3 is 0 Å². The number of hydrogen-bond donors (Lipinski definition) is 0. The van der Waals surface area contributed by atoms with Crippen LogP contribution < -0.4 is 0 Å². The minimum Gasteiger partial charge on any atom is -0.292 e. The predicted octanol–water partition coefficient (Wildman–Crippen LogP) is 3.31. The summed E-state index contributed by atoms with van der Waals surface area (Å²) in [6.45, 7) is 7.91. The molecule has 0 unspecified atom stereocenters. The average Bonchev–Trinajstić information content (AvgIpc) is 2.91. The maximum atomic E-state index is 12.5. The number of Topliss-reactive ketones (excluding diaryl/α,β-unsaturated/α-hetero) is 1. The van der Waals surface area contributed by atoms with Crippen LogP contribution in [0.15, 0.2) is 19.2 Å². The van der Waals surface area contributed by atoms with Gasteiger partial charge in [0.05, 0.1) is 0 Å². The molecule has 0 radical (unpaired) electrons. The van der Waals surface area contributed by atoms with Crippen molar-refractivity contribution in [2.45, 2.75) is 52.4 Å². The molecule has 1 aliphatic carbocycles. The summed E-state index contributed by atoms with van der Waals surface area (Å²) in [6, 6.07) is 0. The third-order valence-corrected chi connectivity index (χ3v) is 4.10. The highest BCUT2D eigenvalue weighted by molar-refractivity contribution is 6.16. The van der Waals surface area contributed by atoms with Crippen LogP contribution in [0.25, 0.3) is 5.70 Å². The summed E-state index contributed by atoms with van der Waals surface area (Å²) in [5.74, 6) is 0.750. The van der Waals surface area contributed by atoms with Crippen molar-refractivity contribution in [1.29, 1.82) is 0 Å². The van der Waals surface area contributed by atoms with Crippen LogP contribution in [0.5, 0.6) is 0 Å². The molecule has 19 heavy (non-hydrogen) atoms. The van der Waals surface area contributed by atoms with Crippen molar-refractivity contribution >= 4 is 11.5 Å². The SMILES string of the molecule is C=C(C(=O)C(C)(C)CC1CCCCC1)n1cncn1. The van der Waals surface area contributed by atoms with E-state index in [0.29, 0.717) is 11.6 Å². The van der Waals surface area contributed by atoms with E-state index in [-0.39, 0.29) is 11.2 Å². The number of ketones is 1. The van der Waals surface area contributed by atoms with Gasteiger partial charge in [-0.15, -0.1) is 0 Å². The molecule has 0 atom stereocenters. The lowest BCUT2D eigenvalue weighted by Crippen LogP contribution is -2.30. The van der Waals surface area contributed by atoms with E-state index < -0.39 is 0 Å². The third kappa shape index (κ3) is 3.31. The Labute approximate surface area is 114 Å². The standard InChI is InChI=1S/C15H23N3O/c1-12(18-11-16-10-17-18)14(19)15(2,3)9-13-7-5-4-6-8-13/h10-11,13H,1,4-9H2,2-3H3. The van der Waals surface area contributed by atoms with Gasteiger partial charge in [0.2, 0.25) is 0 Å². The van der Waals surface area contributed by atoms with Gasteiger partial charge < -0.3 is 0 Å². The maximum absolute atomic E-state index is 12.5. The highest BCUT2D eigenvalue weighted by Gasteiger charge is 2.33. The van der Waals surface area contributed by atoms with Gasteiger partial charge in [-0.2, -0.15) is 5.10 Å². The first-order valence-corrected chi connectivity index (χ1v) is 7.09. The van der Waals surface area contributed by atoms with Crippen molar-refractivity contribution in [3.8, 4) is 0 Å². The molecule has 4 nitrogen and oxygen atoms in total. The van der Waals surface area contributed by atoms with Crippen molar-refractivity contribution in [2.24, 2.45) is 11.3 Å². The van der Waals surface area contributed by atoms with Gasteiger partial charge in [0.15, 0.2) is 5.78 Å². The fourth-order valence-corrected chi connectivity index (χ4v) is 3.05. The molecule has 1 fully saturated rings. The van der Waals surface area contributed by atoms with E-state index in [1.807, 2.05) is 13.8 Å². The Kier molecular flexibility index (Phi) is 4.17. The summed E-state index contributed by atoms with van der Waals surface area (Å²) in [5, 5.41) is 3.98. The number of aromatic nitrogens is 3. The first-order chi connectivity index (χ1) is 9.00. The minimum absolute atomic E-state index is 0.0728. The number of carbonyl (C=O) groups is 1. The number of carbonyl (C=O) groups excluding carboxylic acids is 1. The molecule has 1 aromatic rings. The fraction of sp³-hybridized carbons (Fsp3) is 0.667. The number of hydrogen-bond acceptors (Lipinski definition) is 3. The van der Waals surface area contributed by atoms with Gasteiger partial charge in [-0.05, 0) is 12.3 Å². The van der Waals surface area contributed by atoms with E-state index in [1.54, 1.807) is 0 Å². The summed E-state index contributed by atoms with van der Waals surface area (Å²) < 4.78 is 1.46. The molecule has 0 aliphatic heterocycles. The molecular formula is C15H23N3O. The normalized spacial score (nSPS) is 17.4. The minimum atomic E-state index is -0.370. The van der Waals surface area contributed by atoms with E-state index >= 15 is 0 Å². The van der Waals surface area contributed by atoms with Gasteiger partial charge in [-0.25, -0.2) is 9.67 Å². The van der Waals surface area contributed by atoms with Gasteiger partial charge in [0.25, 0.3) is 0 Å². The Morgan fingerprint density at radius 2 is 2.05 bits per heavy atom. The molecule has 1 saturated carbocycles. The Hall–Kier alpha value is -1.45. The number of allylic oxidation sites excluding steroid dienone is 1. The topological polar surface area (TPSA) is 47.8 Å². The smallest absolute Gasteiger partial charge is 0.186 e. The fourth-order valence-electron chi connectivity index (χ4n) is 3.05. The third-order valence-electron chi connectivity index (χ3n) is 4.10. The summed E-state index contributed by atoms with van der Waals surface area (Å²) >= 11 is 0. The highest BCUT2D eigenvalue weighted by Crippen LogP contribution is 2.36. The van der Waals surface area contributed by atoms with E-state index in [0.717, 1.165) is 6.42 Å². The second kappa shape index (κ2) is 5.68. The zero-order valence-electron chi connectivity index (χ0n) is 11.9. The molecule has 1 aliphatic rings. The average molecular weight is 261 g/mol. The van der Waals surface area contributed by atoms with Crippen molar-refractivity contribution in [2.75, 3.05) is 0 Å². The first kappa shape index (κ1) is 14.0. The Bertz CT molecular complexity index is 442. The van der Waals surface area contributed by atoms with Crippen molar-refractivity contribution in [1.82, 2.24) is 14.8 Å². The molecular weight excluding hydrogens is 238 g/mol. The quantitative estimate of drug-likeness (QED) is 0.764. The molecule has 4 heteroatoms. The van der Waals surface area contributed by atoms with Crippen LogP contribution in [-0.4, -0.2) is 20.5 Å². The van der Waals surface area contributed by atoms with E-state index in [9.17, 15) is 4.79 Å². The molecule has 104 valence electrons. The van der Waals surface area contributed by atoms with Crippen LogP contribution in [0, 0.1) is 11.3 Å². The Balaban J connectivity index is 2.01. The van der Waals surface area contributed by atoms with Crippen LogP contribution >= 0.6 is 0 Å². The molecule has 0 amide bonds. The number of nitrogens with zero attached hydrogens (tertiary/aromatic N) is 3. The van der Waals surface area contributed by atoms with Crippen molar-refractivity contribution in [3.63, 3.8) is 0 Å². The van der Waals surface area contributed by atoms with Gasteiger partial charge in [-0.1, -0.05) is 52.5 Å². The summed E-state index contributed by atoms with van der Waals surface area (Å²) in [4.78, 5) is 16.4. The van der Waals surface area contributed by atoms with Crippen molar-refractivity contribution in [3.05, 3.63) is 19.2 Å². The summed E-state index contributed by atoms with van der Waals surface area (Å²) in [6.07, 6.45) is 10.4. The zero-order chi connectivity index (χ0) is 13.9. The first-order valence-electron chi connectivity index (χ1n) is 7.09. The van der Waals surface area contributed by atoms with E-state index in [1.165, 1.54) is 49.4 Å². The second-order valence-corrected chi connectivity index (χ2v) is 6.21. The van der Waals surface area contributed by atoms with Crippen molar-refractivity contribution < 1.29 is 4.79 Å². The van der Waals surface area contributed by atoms with Gasteiger partial charge in [0, 0.05) is 5.41 Å². The second-order valence-electron chi connectivity index (χ2n) is 6.21. The largest absolute Gasteiger partial charge is 0.292 e. The lowest BCUT2D eigenvalue weighted by Gasteiger charge is -2.31. The lowest BCUT2D eigenvalue weighted by molar-refractivity contribution is -0.122. The molecule has 0 bridgehead atoms. The lowest BCUT2D eigenvalue weighted by atomic mass is 9.74. The van der Waals surface area contributed by atoms with Crippen LogP contribution in [-0.2, 0) is 4.79 Å². The van der Waals surface area contributed by atoms with Gasteiger partial charge in [-0.3, -0.25) is 4.79 Å². The van der Waals surface area contributed by atoms with Crippen LogP contribution in [0.4, 0.5) is 0 Å². The maximum Gasteiger partial charge on any atom is 0.186 e. The Morgan fingerprint density at radius 3 is 2.63 bits per heavy atom. The molecule has 0 N–H and O–H groups in total. The summed E-state index contributed by atoms with van der Waals surface area (Å²) in [5.41, 5.74) is 0.0451. The summed E-state index contributed by atoms with van der Waals surface area (Å²) in [7, 11) is 0. The molecule has 0 aromatic carbocycles. The number of rotatable bonds is 5. The predicted molar refractivity (Wildman–Crippen MR) is 75.3 cm³/mol. The van der Waals surface area contributed by atoms with Crippen LogP contribution in [0.3, 0.4) is 0 Å². The highest BCUT2D eigenvalue weighted by atomic mass is 16.1. The van der Waals surface area contributed by atoms with Gasteiger partial charge in [0.1, 0.15) is 18.4 Å². The molecule has 0 saturated heterocycles. The molecule has 0 spiro atoms. The molecule has 1 aromatic heterocycles.